The number of phenols is 1. The maximum atomic E-state index is 13.9. The van der Waals surface area contributed by atoms with E-state index < -0.39 is 11.6 Å². The van der Waals surface area contributed by atoms with E-state index in [0.29, 0.717) is 29.7 Å². The van der Waals surface area contributed by atoms with Crippen LogP contribution in [0.15, 0.2) is 121 Å². The van der Waals surface area contributed by atoms with E-state index in [-0.39, 0.29) is 54.3 Å². The number of nitrogens with one attached hydrogen (secondary N) is 4. The molecule has 10 nitrogen and oxygen atoms in total. The normalized spacial score (nSPS) is 12.7. The Morgan fingerprint density at radius 1 is 0.621 bits per heavy atom. The van der Waals surface area contributed by atoms with E-state index in [2.05, 4.69) is 30.6 Å². The first kappa shape index (κ1) is 40.2. The number of H-pyrrole nitrogens is 2. The maximum absolute atomic E-state index is 13.9. The quantitative estimate of drug-likeness (QED) is 0.105. The minimum absolute atomic E-state index is 0. The van der Waals surface area contributed by atoms with Crippen molar-refractivity contribution in [2.75, 3.05) is 13.1 Å². The minimum atomic E-state index is -0.576. The van der Waals surface area contributed by atoms with Gasteiger partial charge in [-0.1, -0.05) is 72.3 Å². The number of rotatable bonds is 4. The van der Waals surface area contributed by atoms with Gasteiger partial charge in [-0.2, -0.15) is 0 Å². The number of hydrogen-bond acceptors (Lipinski definition) is 6. The summed E-state index contributed by atoms with van der Waals surface area (Å²) < 4.78 is 31.6. The standard InChI is InChI=1S/C22H16FN3O2.C16H12ClN3O.C6H5FO.Na.H/c23-16-6-1-2-7-19(16)28-20-9-8-13-4-3-5-14(21(13)26-20)18-12-15-17(25-18)10-11-24-22(15)27;17-14-5-4-9-2-1-3-10(15(9)20-14)13-8-11-12(19-13)6-7-18-16(11)21;7-5-3-1-2-4-6(5)8;;/h1-9,12,25H,10-11H2,(H,24,27);1-5,8,19H,6-7H2,(H,18,21);1-4,8H;;/q;;;+1;-1. The number of carbonyl (C=O) groups is 2. The van der Waals surface area contributed by atoms with Crippen LogP contribution in [0, 0.1) is 11.6 Å². The molecule has 0 unspecified atom stereocenters. The Morgan fingerprint density at radius 3 is 1.69 bits per heavy atom. The summed E-state index contributed by atoms with van der Waals surface area (Å²) in [6.07, 6.45) is 1.58. The number of ether oxygens (including phenoxy) is 1. The molecule has 5 N–H and O–H groups in total. The van der Waals surface area contributed by atoms with E-state index >= 15 is 0 Å². The third-order valence-electron chi connectivity index (χ3n) is 9.47. The van der Waals surface area contributed by atoms with E-state index in [4.69, 9.17) is 21.4 Å². The van der Waals surface area contributed by atoms with Crippen LogP contribution in [0.3, 0.4) is 0 Å². The molecule has 2 aliphatic rings. The SMILES string of the molecule is O=C1NCCc2[nH]c(-c3cccc4ccc(Cl)nc34)cc21.O=C1NCCc2[nH]c(-c3cccc4ccc(Oc5ccccc5F)nc34)cc21.Oc1ccccc1F.[H-].[Na+]. The molecule has 6 heterocycles. The van der Waals surface area contributed by atoms with E-state index in [1.165, 1.54) is 24.3 Å². The number of phenolic OH excluding ortho intramolecular Hbond substituents is 1. The predicted molar refractivity (Wildman–Crippen MR) is 216 cm³/mol. The summed E-state index contributed by atoms with van der Waals surface area (Å²) in [6.45, 7) is 1.30. The summed E-state index contributed by atoms with van der Waals surface area (Å²) in [7, 11) is 0. The van der Waals surface area contributed by atoms with Gasteiger partial charge in [-0.15, -0.1) is 0 Å². The predicted octanol–water partition coefficient (Wildman–Crippen LogP) is 6.26. The number of aromatic hydroxyl groups is 1. The van der Waals surface area contributed by atoms with Gasteiger partial charge >= 0.3 is 29.6 Å². The van der Waals surface area contributed by atoms with E-state index in [1.54, 1.807) is 36.4 Å². The molecule has 8 aromatic rings. The Bertz CT molecular complexity index is 2800. The van der Waals surface area contributed by atoms with Crippen molar-refractivity contribution in [2.45, 2.75) is 12.8 Å². The van der Waals surface area contributed by atoms with Crippen molar-refractivity contribution in [1.82, 2.24) is 30.6 Å². The fraction of sp³-hybridized carbons (Fsp3) is 0.0909. The Balaban J connectivity index is 0.000000166. The van der Waals surface area contributed by atoms with Crippen molar-refractivity contribution in [3.8, 4) is 39.9 Å². The van der Waals surface area contributed by atoms with E-state index in [0.717, 1.165) is 74.1 Å². The fourth-order valence-corrected chi connectivity index (χ4v) is 6.86. The molecule has 0 saturated heterocycles. The fourth-order valence-electron chi connectivity index (χ4n) is 6.71. The molecule has 58 heavy (non-hydrogen) atoms. The summed E-state index contributed by atoms with van der Waals surface area (Å²) in [5.41, 5.74) is 8.38. The van der Waals surface area contributed by atoms with Gasteiger partial charge < -0.3 is 31.9 Å². The monoisotopic (exact) mass is 806 g/mol. The van der Waals surface area contributed by atoms with Crippen molar-refractivity contribution in [1.29, 1.82) is 0 Å². The molecule has 0 atom stereocenters. The molecule has 0 bridgehead atoms. The molecule has 4 aromatic carbocycles. The van der Waals surface area contributed by atoms with Gasteiger partial charge in [-0.05, 0) is 54.6 Å². The van der Waals surface area contributed by atoms with Crippen molar-refractivity contribution >= 4 is 45.2 Å². The van der Waals surface area contributed by atoms with Crippen molar-refractivity contribution in [3.05, 3.63) is 161 Å². The summed E-state index contributed by atoms with van der Waals surface area (Å²) in [5.74, 6) is -0.982. The van der Waals surface area contributed by atoms with Gasteiger partial charge in [0.1, 0.15) is 5.15 Å². The number of nitrogens with zero attached hydrogens (tertiary/aromatic N) is 2. The van der Waals surface area contributed by atoms with Crippen molar-refractivity contribution in [2.24, 2.45) is 0 Å². The summed E-state index contributed by atoms with van der Waals surface area (Å²) in [5, 5.41) is 16.7. The van der Waals surface area contributed by atoms with Gasteiger partial charge in [0.2, 0.25) is 5.88 Å². The van der Waals surface area contributed by atoms with Gasteiger partial charge in [0.05, 0.1) is 22.2 Å². The average Bonchev–Trinajstić information content (AvgIpc) is 3.87. The van der Waals surface area contributed by atoms with Crippen LogP contribution >= 0.6 is 11.6 Å². The second kappa shape index (κ2) is 17.6. The van der Waals surface area contributed by atoms with Crippen molar-refractivity contribution < 1.29 is 59.2 Å². The second-order valence-corrected chi connectivity index (χ2v) is 13.6. The van der Waals surface area contributed by atoms with Gasteiger partial charge in [0, 0.05) is 76.7 Å². The number of fused-ring (bicyclic) bond motifs is 4. The van der Waals surface area contributed by atoms with Crippen LogP contribution in [0.1, 0.15) is 33.5 Å². The van der Waals surface area contributed by atoms with Crippen LogP contribution in [0.25, 0.3) is 44.3 Å². The van der Waals surface area contributed by atoms with Crippen LogP contribution in [-0.2, 0) is 12.8 Å². The number of aromatic amines is 2. The molecule has 0 radical (unpaired) electrons. The molecule has 10 rings (SSSR count). The molecule has 4 aromatic heterocycles. The molecular weight excluding hydrogens is 773 g/mol. The third kappa shape index (κ3) is 8.60. The molecule has 0 fully saturated rings. The van der Waals surface area contributed by atoms with Crippen LogP contribution in [0.4, 0.5) is 8.78 Å². The van der Waals surface area contributed by atoms with Gasteiger partial charge in [-0.3, -0.25) is 9.59 Å². The van der Waals surface area contributed by atoms with E-state index in [1.807, 2.05) is 60.7 Å². The first-order valence-electron chi connectivity index (χ1n) is 18.0. The Morgan fingerprint density at radius 2 is 1.16 bits per heavy atom. The topological polar surface area (TPSA) is 145 Å². The number of pyridine rings is 2. The summed E-state index contributed by atoms with van der Waals surface area (Å²) >= 11 is 6.02. The number of hydrogen-bond donors (Lipinski definition) is 5. The van der Waals surface area contributed by atoms with E-state index in [9.17, 15) is 18.4 Å². The largest absolute Gasteiger partial charge is 1.00 e. The number of benzene rings is 4. The number of carbonyl (C=O) groups excluding carboxylic acids is 2. The number of amides is 2. The van der Waals surface area contributed by atoms with Gasteiger partial charge in [-0.25, -0.2) is 18.7 Å². The van der Waals surface area contributed by atoms with Crippen LogP contribution in [-0.4, -0.2) is 49.9 Å². The molecule has 0 aliphatic carbocycles. The molecular formula is C44H34ClF2N6NaO4. The molecule has 0 spiro atoms. The Kier molecular flexibility index (Phi) is 12.2. The third-order valence-corrected chi connectivity index (χ3v) is 9.68. The Hall–Kier alpha value is -6.05. The second-order valence-electron chi connectivity index (χ2n) is 13.2. The smallest absolute Gasteiger partial charge is 1.00 e. The zero-order valence-corrected chi connectivity index (χ0v) is 33.8. The summed E-state index contributed by atoms with van der Waals surface area (Å²) in [4.78, 5) is 39.7. The van der Waals surface area contributed by atoms with Crippen molar-refractivity contribution in [3.63, 3.8) is 0 Å². The average molecular weight is 807 g/mol. The number of halogens is 3. The number of aromatic nitrogens is 4. The first-order valence-corrected chi connectivity index (χ1v) is 18.4. The van der Waals surface area contributed by atoms with Crippen LogP contribution < -0.4 is 44.9 Å². The Labute approximate surface area is 359 Å². The summed E-state index contributed by atoms with van der Waals surface area (Å²) in [6, 6.07) is 34.7. The zero-order valence-electron chi connectivity index (χ0n) is 32.1. The van der Waals surface area contributed by atoms with Crippen LogP contribution in [0.2, 0.25) is 5.15 Å². The van der Waals surface area contributed by atoms with Crippen LogP contribution in [0.5, 0.6) is 17.4 Å². The van der Waals surface area contributed by atoms with Gasteiger partial charge in [0.25, 0.3) is 11.8 Å². The number of para-hydroxylation sites is 4. The van der Waals surface area contributed by atoms with Gasteiger partial charge in [0.15, 0.2) is 23.1 Å². The molecule has 2 amide bonds. The zero-order chi connectivity index (χ0) is 39.5. The molecule has 0 saturated carbocycles. The molecule has 14 heteroatoms. The first-order chi connectivity index (χ1) is 27.7. The molecule has 2 aliphatic heterocycles. The minimum Gasteiger partial charge on any atom is -1.00 e. The molecule has 286 valence electrons. The maximum Gasteiger partial charge on any atom is 1.00 e.